The Morgan fingerprint density at radius 1 is 1.33 bits per heavy atom. The monoisotopic (exact) mass is 336 g/mol. The lowest BCUT2D eigenvalue weighted by molar-refractivity contribution is -0.311. The largest absolute Gasteiger partial charge is 0.417 e. The second kappa shape index (κ2) is 5.09. The molecule has 1 aromatic heterocycles. The zero-order chi connectivity index (χ0) is 17.1. The van der Waals surface area contributed by atoms with Crippen molar-refractivity contribution in [2.24, 2.45) is 5.92 Å². The zero-order valence-electron chi connectivity index (χ0n) is 13.3. The maximum Gasteiger partial charge on any atom is 0.417 e. The van der Waals surface area contributed by atoms with Gasteiger partial charge in [-0.3, -0.25) is 4.98 Å². The summed E-state index contributed by atoms with van der Waals surface area (Å²) in [5.41, 5.74) is 0.419. The van der Waals surface area contributed by atoms with Crippen LogP contribution in [0, 0.1) is 5.92 Å². The Labute approximate surface area is 138 Å². The van der Waals surface area contributed by atoms with Gasteiger partial charge in [-0.15, -0.1) is 0 Å². The quantitative estimate of drug-likeness (QED) is 0.909. The van der Waals surface area contributed by atoms with E-state index in [0.29, 0.717) is 13.0 Å². The van der Waals surface area contributed by atoms with Crippen molar-refractivity contribution in [1.82, 2.24) is 4.98 Å². The third kappa shape index (κ3) is 2.05. The van der Waals surface area contributed by atoms with Gasteiger partial charge in [0, 0.05) is 42.2 Å². The first-order valence-electron chi connectivity index (χ1n) is 8.28. The predicted molar refractivity (Wildman–Crippen MR) is 86.0 cm³/mol. The van der Waals surface area contributed by atoms with Gasteiger partial charge in [0.1, 0.15) is 0 Å². The summed E-state index contributed by atoms with van der Waals surface area (Å²) >= 11 is 0. The van der Waals surface area contributed by atoms with E-state index in [4.69, 9.17) is 0 Å². The molecule has 4 rings (SSSR count). The van der Waals surface area contributed by atoms with Crippen LogP contribution >= 0.6 is 0 Å². The summed E-state index contributed by atoms with van der Waals surface area (Å²) < 4.78 is 39.4. The van der Waals surface area contributed by atoms with E-state index in [1.54, 1.807) is 6.20 Å². The molecule has 0 amide bonds. The predicted octanol–water partition coefficient (Wildman–Crippen LogP) is 3.69. The van der Waals surface area contributed by atoms with Crippen molar-refractivity contribution in [3.8, 4) is 0 Å². The van der Waals surface area contributed by atoms with Crippen LogP contribution in [0.4, 0.5) is 18.9 Å². The third-order valence-electron chi connectivity index (χ3n) is 5.67. The molecular formula is C18H19F3N2O. The molecule has 24 heavy (non-hydrogen) atoms. The molecule has 6 heteroatoms. The molecule has 1 aliphatic carbocycles. The molecule has 0 unspecified atom stereocenters. The van der Waals surface area contributed by atoms with Crippen LogP contribution in [0.25, 0.3) is 10.9 Å². The Morgan fingerprint density at radius 3 is 2.83 bits per heavy atom. The smallest absolute Gasteiger partial charge is 0.380 e. The number of fused-ring (bicyclic) bond motifs is 2. The summed E-state index contributed by atoms with van der Waals surface area (Å²) in [6.07, 6.45) is -1.86. The second-order valence-electron chi connectivity index (χ2n) is 6.82. The highest BCUT2D eigenvalue weighted by molar-refractivity contribution is 5.92. The summed E-state index contributed by atoms with van der Waals surface area (Å²) in [5.74, 6) is -0.741. The number of hydrogen-bond donors (Lipinski definition) is 1. The normalized spacial score (nSPS) is 29.6. The van der Waals surface area contributed by atoms with Crippen LogP contribution in [0.2, 0.25) is 0 Å². The van der Waals surface area contributed by atoms with E-state index in [1.807, 2.05) is 23.1 Å². The minimum Gasteiger partial charge on any atom is -0.380 e. The van der Waals surface area contributed by atoms with Crippen molar-refractivity contribution in [3.05, 3.63) is 36.0 Å². The lowest BCUT2D eigenvalue weighted by Gasteiger charge is -2.51. The van der Waals surface area contributed by atoms with Crippen LogP contribution in [0.1, 0.15) is 25.3 Å². The first kappa shape index (κ1) is 15.7. The number of nitrogens with zero attached hydrogens (tertiary/aromatic N) is 2. The van der Waals surface area contributed by atoms with Gasteiger partial charge in [-0.05, 0) is 36.6 Å². The van der Waals surface area contributed by atoms with Gasteiger partial charge in [-0.2, -0.15) is 13.2 Å². The lowest BCUT2D eigenvalue weighted by Crippen LogP contribution is -2.66. The maximum absolute atomic E-state index is 13.1. The number of anilines is 1. The molecule has 3 atom stereocenters. The number of aromatic nitrogens is 1. The van der Waals surface area contributed by atoms with Crippen LogP contribution in [0.3, 0.4) is 0 Å². The summed E-state index contributed by atoms with van der Waals surface area (Å²) in [7, 11) is 0. The minimum absolute atomic E-state index is 0.252. The molecule has 2 aliphatic rings. The van der Waals surface area contributed by atoms with E-state index in [2.05, 4.69) is 18.0 Å². The molecule has 2 fully saturated rings. The summed E-state index contributed by atoms with van der Waals surface area (Å²) in [4.78, 5) is 6.38. The van der Waals surface area contributed by atoms with Gasteiger partial charge < -0.3 is 10.0 Å². The topological polar surface area (TPSA) is 36.4 Å². The molecule has 1 saturated heterocycles. The standard InChI is InChI=1S/C18H19F3N2O/c1-2-11-3-4-14-12(9-11)15(5-7-22-14)23-8-6-13-16(23)10-17(13,24)18(19,20)21/h3-5,7,9,13,16,24H,2,6,8,10H2,1H3/t13-,16-,17+/m1/s1. The van der Waals surface area contributed by atoms with Gasteiger partial charge >= 0.3 is 6.18 Å². The van der Waals surface area contributed by atoms with E-state index in [1.165, 1.54) is 5.56 Å². The fraction of sp³-hybridized carbons (Fsp3) is 0.500. The summed E-state index contributed by atoms with van der Waals surface area (Å²) in [5, 5.41) is 11.0. The van der Waals surface area contributed by atoms with Gasteiger partial charge in [0.15, 0.2) is 5.60 Å². The molecule has 128 valence electrons. The molecular weight excluding hydrogens is 317 g/mol. The summed E-state index contributed by atoms with van der Waals surface area (Å²) in [6.45, 7) is 2.60. The van der Waals surface area contributed by atoms with E-state index >= 15 is 0 Å². The van der Waals surface area contributed by atoms with Gasteiger partial charge in [0.05, 0.1) is 5.52 Å². The SMILES string of the molecule is CCc1ccc2nccc(N3CC[C@@H]4[C@H]3C[C@@]4(O)C(F)(F)F)c2c1. The molecule has 1 aliphatic heterocycles. The van der Waals surface area contributed by atoms with Gasteiger partial charge in [0.2, 0.25) is 0 Å². The minimum atomic E-state index is -4.56. The van der Waals surface area contributed by atoms with Gasteiger partial charge in [0.25, 0.3) is 0 Å². The van der Waals surface area contributed by atoms with Crippen molar-refractivity contribution in [1.29, 1.82) is 0 Å². The number of rotatable bonds is 2. The van der Waals surface area contributed by atoms with E-state index in [-0.39, 0.29) is 12.5 Å². The molecule has 1 saturated carbocycles. The number of pyridine rings is 1. The van der Waals surface area contributed by atoms with Crippen molar-refractivity contribution in [2.75, 3.05) is 11.4 Å². The number of hydrogen-bond acceptors (Lipinski definition) is 3. The van der Waals surface area contributed by atoms with E-state index in [0.717, 1.165) is 23.0 Å². The first-order valence-corrected chi connectivity index (χ1v) is 8.28. The Hall–Kier alpha value is -1.82. The lowest BCUT2D eigenvalue weighted by atomic mass is 9.65. The van der Waals surface area contributed by atoms with Crippen LogP contribution in [0.5, 0.6) is 0 Å². The number of halogens is 3. The molecule has 3 nitrogen and oxygen atoms in total. The average Bonchev–Trinajstić information content (AvgIpc) is 2.89. The average molecular weight is 336 g/mol. The molecule has 2 heterocycles. The van der Waals surface area contributed by atoms with Crippen LogP contribution in [0.15, 0.2) is 30.5 Å². The highest BCUT2D eigenvalue weighted by Crippen LogP contribution is 2.56. The Morgan fingerprint density at radius 2 is 2.12 bits per heavy atom. The second-order valence-corrected chi connectivity index (χ2v) is 6.82. The fourth-order valence-corrected chi connectivity index (χ4v) is 4.25. The van der Waals surface area contributed by atoms with E-state index in [9.17, 15) is 18.3 Å². The Kier molecular flexibility index (Phi) is 3.33. The zero-order valence-corrected chi connectivity index (χ0v) is 13.3. The first-order chi connectivity index (χ1) is 11.3. The van der Waals surface area contributed by atoms with Crippen LogP contribution in [-0.2, 0) is 6.42 Å². The highest BCUT2D eigenvalue weighted by atomic mass is 19.4. The number of alkyl halides is 3. The van der Waals surface area contributed by atoms with Crippen molar-refractivity contribution in [2.45, 2.75) is 44.0 Å². The van der Waals surface area contributed by atoms with Gasteiger partial charge in [-0.1, -0.05) is 13.0 Å². The molecule has 1 N–H and O–H groups in total. The fourth-order valence-electron chi connectivity index (χ4n) is 4.25. The molecule has 0 bridgehead atoms. The number of aliphatic hydroxyl groups is 1. The van der Waals surface area contributed by atoms with Crippen LogP contribution in [-0.4, -0.2) is 34.5 Å². The molecule has 1 aromatic carbocycles. The number of benzene rings is 1. The van der Waals surface area contributed by atoms with Crippen molar-refractivity contribution in [3.63, 3.8) is 0 Å². The van der Waals surface area contributed by atoms with Crippen molar-refractivity contribution < 1.29 is 18.3 Å². The van der Waals surface area contributed by atoms with Crippen LogP contribution < -0.4 is 4.90 Å². The molecule has 0 radical (unpaired) electrons. The summed E-state index contributed by atoms with van der Waals surface area (Å²) in [6, 6.07) is 7.66. The maximum atomic E-state index is 13.1. The molecule has 2 aromatic rings. The molecule has 0 spiro atoms. The third-order valence-corrected chi connectivity index (χ3v) is 5.67. The number of aryl methyl sites for hydroxylation is 1. The Bertz CT molecular complexity index is 791. The van der Waals surface area contributed by atoms with Gasteiger partial charge in [-0.25, -0.2) is 0 Å². The van der Waals surface area contributed by atoms with E-state index < -0.39 is 17.7 Å². The van der Waals surface area contributed by atoms with Crippen molar-refractivity contribution >= 4 is 16.6 Å². The Balaban J connectivity index is 1.71. The highest BCUT2D eigenvalue weighted by Gasteiger charge is 2.70.